The van der Waals surface area contributed by atoms with Gasteiger partial charge >= 0.3 is 6.03 Å². The summed E-state index contributed by atoms with van der Waals surface area (Å²) in [4.78, 5) is 24.9. The Kier molecular flexibility index (Phi) is 6.22. The average Bonchev–Trinajstić information content (AvgIpc) is 2.54. The number of benzene rings is 2. The summed E-state index contributed by atoms with van der Waals surface area (Å²) >= 11 is 0. The van der Waals surface area contributed by atoms with Gasteiger partial charge < -0.3 is 20.3 Å². The van der Waals surface area contributed by atoms with Crippen LogP contribution in [0.4, 0.5) is 16.2 Å². The number of hydrogen-bond donors (Lipinski definition) is 2. The largest absolute Gasteiger partial charge is 0.426 e. The molecule has 0 aliphatic carbocycles. The lowest BCUT2D eigenvalue weighted by atomic mass is 10.1. The molecule has 0 saturated carbocycles. The van der Waals surface area contributed by atoms with E-state index < -0.39 is 0 Å². The van der Waals surface area contributed by atoms with Crippen LogP contribution in [-0.4, -0.2) is 25.1 Å². The molecule has 2 N–H and O–H groups in total. The highest BCUT2D eigenvalue weighted by Gasteiger charge is 2.15. The van der Waals surface area contributed by atoms with Crippen LogP contribution in [-0.2, 0) is 11.3 Å². The van der Waals surface area contributed by atoms with Crippen LogP contribution in [0, 0.1) is 0 Å². The fourth-order valence-electron chi connectivity index (χ4n) is 2.50. The van der Waals surface area contributed by atoms with Gasteiger partial charge in [-0.2, -0.15) is 0 Å². The molecule has 0 unspecified atom stereocenters. The van der Waals surface area contributed by atoms with Crippen molar-refractivity contribution in [1.29, 1.82) is 0 Å². The maximum absolute atomic E-state index is 12.0. The number of carbonyl (C=O) groups is 2. The first-order chi connectivity index (χ1) is 12.3. The molecule has 138 valence electrons. The normalized spacial score (nSPS) is 10.8. The van der Waals surface area contributed by atoms with Gasteiger partial charge in [-0.25, -0.2) is 4.79 Å². The van der Waals surface area contributed by atoms with Crippen LogP contribution in [0.1, 0.15) is 26.3 Å². The molecular weight excluding hydrogens is 330 g/mol. The van der Waals surface area contributed by atoms with Gasteiger partial charge in [0.05, 0.1) is 5.69 Å². The Morgan fingerprint density at radius 2 is 1.85 bits per heavy atom. The van der Waals surface area contributed by atoms with Gasteiger partial charge in [0.1, 0.15) is 0 Å². The molecular formula is C20H25N3O3. The summed E-state index contributed by atoms with van der Waals surface area (Å²) in [7, 11) is 1.92. The zero-order valence-corrected chi connectivity index (χ0v) is 15.6. The Bertz CT molecular complexity index is 755. The molecule has 0 aromatic heterocycles. The second-order valence-corrected chi connectivity index (χ2v) is 7.07. The molecule has 6 heteroatoms. The van der Waals surface area contributed by atoms with Gasteiger partial charge in [-0.3, -0.25) is 4.79 Å². The van der Waals surface area contributed by atoms with Crippen molar-refractivity contribution in [2.24, 2.45) is 0 Å². The van der Waals surface area contributed by atoms with E-state index in [9.17, 15) is 9.59 Å². The minimum Gasteiger partial charge on any atom is -0.426 e. The van der Waals surface area contributed by atoms with Crippen molar-refractivity contribution in [2.45, 2.75) is 32.9 Å². The summed E-state index contributed by atoms with van der Waals surface area (Å²) in [5.74, 6) is 0.381. The summed E-state index contributed by atoms with van der Waals surface area (Å²) in [5.41, 5.74) is 2.09. The lowest BCUT2D eigenvalue weighted by Crippen LogP contribution is -2.43. The number of hydrogen-bond acceptors (Lipinski definition) is 4. The van der Waals surface area contributed by atoms with Crippen molar-refractivity contribution in [3.05, 3.63) is 54.1 Å². The fourth-order valence-corrected chi connectivity index (χ4v) is 2.50. The van der Waals surface area contributed by atoms with E-state index in [1.165, 1.54) is 0 Å². The minimum absolute atomic E-state index is 0.319. The van der Waals surface area contributed by atoms with Crippen LogP contribution in [0.2, 0.25) is 0 Å². The quantitative estimate of drug-likeness (QED) is 0.774. The Morgan fingerprint density at radius 1 is 1.15 bits per heavy atom. The number of amides is 2. The van der Waals surface area contributed by atoms with Gasteiger partial charge in [0.25, 0.3) is 6.47 Å². The number of rotatable bonds is 6. The highest BCUT2D eigenvalue weighted by molar-refractivity contribution is 5.90. The maximum atomic E-state index is 12.0. The van der Waals surface area contributed by atoms with Crippen LogP contribution in [0.5, 0.6) is 5.75 Å². The molecule has 6 nitrogen and oxygen atoms in total. The van der Waals surface area contributed by atoms with Crippen molar-refractivity contribution in [3.63, 3.8) is 0 Å². The third kappa shape index (κ3) is 5.81. The van der Waals surface area contributed by atoms with Gasteiger partial charge in [0, 0.05) is 30.9 Å². The van der Waals surface area contributed by atoms with Gasteiger partial charge in [-0.15, -0.1) is 0 Å². The standard InChI is InChI=1S/C20H25N3O3/c1-20(2,3)22-19(25)21-16-10-11-17(18(12-16)26-14-24)23(4)13-15-8-6-5-7-9-15/h5-12,14H,13H2,1-4H3,(H2,21,22,25). The van der Waals surface area contributed by atoms with Crippen molar-refractivity contribution < 1.29 is 14.3 Å². The van der Waals surface area contributed by atoms with E-state index in [2.05, 4.69) is 10.6 Å². The molecule has 0 atom stereocenters. The van der Waals surface area contributed by atoms with E-state index in [4.69, 9.17) is 4.74 Å². The van der Waals surface area contributed by atoms with E-state index >= 15 is 0 Å². The SMILES string of the molecule is CN(Cc1ccccc1)c1ccc(NC(=O)NC(C)(C)C)cc1OC=O. The highest BCUT2D eigenvalue weighted by atomic mass is 16.5. The Morgan fingerprint density at radius 3 is 2.46 bits per heavy atom. The summed E-state index contributed by atoms with van der Waals surface area (Å²) in [6, 6.07) is 14.9. The second-order valence-electron chi connectivity index (χ2n) is 7.07. The van der Waals surface area contributed by atoms with E-state index in [1.807, 2.05) is 69.1 Å². The topological polar surface area (TPSA) is 70.7 Å². The Labute approximate surface area is 154 Å². The Balaban J connectivity index is 2.17. The number of nitrogens with zero attached hydrogens (tertiary/aromatic N) is 1. The van der Waals surface area contributed by atoms with E-state index in [1.54, 1.807) is 12.1 Å². The van der Waals surface area contributed by atoms with Crippen LogP contribution >= 0.6 is 0 Å². The zero-order valence-electron chi connectivity index (χ0n) is 15.6. The third-order valence-electron chi connectivity index (χ3n) is 3.56. The smallest absolute Gasteiger partial charge is 0.319 e. The van der Waals surface area contributed by atoms with Crippen LogP contribution in [0.3, 0.4) is 0 Å². The second kappa shape index (κ2) is 8.38. The number of carbonyl (C=O) groups excluding carboxylic acids is 2. The van der Waals surface area contributed by atoms with E-state index in [0.29, 0.717) is 24.5 Å². The lowest BCUT2D eigenvalue weighted by Gasteiger charge is -2.23. The van der Waals surface area contributed by atoms with Crippen molar-refractivity contribution >= 4 is 23.9 Å². The Hall–Kier alpha value is -3.02. The number of nitrogens with one attached hydrogen (secondary N) is 2. The molecule has 0 radical (unpaired) electrons. The molecule has 2 rings (SSSR count). The monoisotopic (exact) mass is 355 g/mol. The molecule has 0 saturated heterocycles. The van der Waals surface area contributed by atoms with Gasteiger partial charge in [0.15, 0.2) is 5.75 Å². The fraction of sp³-hybridized carbons (Fsp3) is 0.300. The first kappa shape index (κ1) is 19.3. The van der Waals surface area contributed by atoms with Crippen molar-refractivity contribution in [3.8, 4) is 5.75 Å². The maximum Gasteiger partial charge on any atom is 0.319 e. The molecule has 0 heterocycles. The highest BCUT2D eigenvalue weighted by Crippen LogP contribution is 2.31. The molecule has 0 fully saturated rings. The van der Waals surface area contributed by atoms with Crippen molar-refractivity contribution in [1.82, 2.24) is 5.32 Å². The molecule has 0 aliphatic rings. The van der Waals surface area contributed by atoms with Crippen LogP contribution in [0.25, 0.3) is 0 Å². The average molecular weight is 355 g/mol. The van der Waals surface area contributed by atoms with E-state index in [0.717, 1.165) is 11.3 Å². The minimum atomic E-state index is -0.345. The predicted octanol–water partition coefficient (Wildman–Crippen LogP) is 3.78. The van der Waals surface area contributed by atoms with E-state index in [-0.39, 0.29) is 11.6 Å². The zero-order chi connectivity index (χ0) is 19.2. The summed E-state index contributed by atoms with van der Waals surface area (Å²) < 4.78 is 5.13. The van der Waals surface area contributed by atoms with Gasteiger partial charge in [-0.1, -0.05) is 30.3 Å². The molecule has 0 aliphatic heterocycles. The lowest BCUT2D eigenvalue weighted by molar-refractivity contribution is -0.120. The van der Waals surface area contributed by atoms with Gasteiger partial charge in [0.2, 0.25) is 0 Å². The molecule has 0 spiro atoms. The summed E-state index contributed by atoms with van der Waals surface area (Å²) in [6.45, 7) is 6.74. The number of anilines is 2. The molecule has 2 amide bonds. The molecule has 0 bridgehead atoms. The summed E-state index contributed by atoms with van der Waals surface area (Å²) in [5, 5.41) is 5.57. The molecule has 2 aromatic carbocycles. The number of urea groups is 1. The van der Waals surface area contributed by atoms with Crippen molar-refractivity contribution in [2.75, 3.05) is 17.3 Å². The number of ether oxygens (including phenoxy) is 1. The first-order valence-electron chi connectivity index (χ1n) is 8.37. The molecule has 26 heavy (non-hydrogen) atoms. The first-order valence-corrected chi connectivity index (χ1v) is 8.37. The van der Waals surface area contributed by atoms with Crippen LogP contribution < -0.4 is 20.3 Å². The summed E-state index contributed by atoms with van der Waals surface area (Å²) in [6.07, 6.45) is 0. The molecule has 2 aromatic rings. The predicted molar refractivity (Wildman–Crippen MR) is 104 cm³/mol. The third-order valence-corrected chi connectivity index (χ3v) is 3.56. The van der Waals surface area contributed by atoms with Crippen LogP contribution in [0.15, 0.2) is 48.5 Å². The van der Waals surface area contributed by atoms with Gasteiger partial charge in [-0.05, 0) is 38.5 Å².